The molecule has 9 heteroatoms. The summed E-state index contributed by atoms with van der Waals surface area (Å²) in [4.78, 5) is 12.7. The zero-order valence-electron chi connectivity index (χ0n) is 18.1. The van der Waals surface area contributed by atoms with E-state index in [4.69, 9.17) is 14.2 Å². The van der Waals surface area contributed by atoms with Gasteiger partial charge < -0.3 is 19.5 Å². The number of anilines is 1. The Morgan fingerprint density at radius 3 is 2.32 bits per heavy atom. The Kier molecular flexibility index (Phi) is 6.94. The van der Waals surface area contributed by atoms with E-state index in [0.717, 1.165) is 16.1 Å². The van der Waals surface area contributed by atoms with Crippen molar-refractivity contribution < 1.29 is 27.4 Å². The molecule has 1 atom stereocenters. The van der Waals surface area contributed by atoms with Crippen LogP contribution in [0.25, 0.3) is 0 Å². The topological polar surface area (TPSA) is 94.2 Å². The van der Waals surface area contributed by atoms with Gasteiger partial charge in [-0.25, -0.2) is 8.42 Å². The van der Waals surface area contributed by atoms with Crippen LogP contribution >= 0.6 is 0 Å². The van der Waals surface area contributed by atoms with Crippen LogP contribution in [-0.4, -0.2) is 46.4 Å². The third-order valence-electron chi connectivity index (χ3n) is 4.63. The van der Waals surface area contributed by atoms with Gasteiger partial charge in [-0.2, -0.15) is 0 Å². The average molecular weight is 449 g/mol. The Bertz CT molecular complexity index is 1020. The number of nitrogens with one attached hydrogen (secondary N) is 1. The number of rotatable bonds is 8. The molecule has 0 fully saturated rings. The van der Waals surface area contributed by atoms with E-state index in [1.807, 2.05) is 32.9 Å². The van der Waals surface area contributed by atoms with Gasteiger partial charge in [-0.15, -0.1) is 0 Å². The van der Waals surface area contributed by atoms with Crippen molar-refractivity contribution in [2.45, 2.75) is 32.9 Å². The van der Waals surface area contributed by atoms with E-state index in [1.165, 1.54) is 0 Å². The second kappa shape index (κ2) is 9.47. The Morgan fingerprint density at radius 1 is 1.06 bits per heavy atom. The summed E-state index contributed by atoms with van der Waals surface area (Å²) in [5.41, 5.74) is 1.22. The van der Waals surface area contributed by atoms with Crippen molar-refractivity contribution in [1.82, 2.24) is 5.32 Å². The van der Waals surface area contributed by atoms with Crippen molar-refractivity contribution in [2.24, 2.45) is 0 Å². The van der Waals surface area contributed by atoms with E-state index in [2.05, 4.69) is 5.32 Å². The van der Waals surface area contributed by atoms with E-state index in [1.54, 1.807) is 30.3 Å². The van der Waals surface area contributed by atoms with Gasteiger partial charge in [-0.3, -0.25) is 9.10 Å². The van der Waals surface area contributed by atoms with E-state index >= 15 is 0 Å². The number of hydrogen-bond donors (Lipinski definition) is 1. The predicted octanol–water partition coefficient (Wildman–Crippen LogP) is 2.89. The van der Waals surface area contributed by atoms with Crippen LogP contribution in [0, 0.1) is 0 Å². The van der Waals surface area contributed by atoms with Crippen molar-refractivity contribution in [3.8, 4) is 17.2 Å². The summed E-state index contributed by atoms with van der Waals surface area (Å²) in [6.07, 6.45) is 1.08. The maximum absolute atomic E-state index is 12.7. The fourth-order valence-corrected chi connectivity index (χ4v) is 4.05. The molecule has 0 bridgehead atoms. The van der Waals surface area contributed by atoms with Crippen molar-refractivity contribution in [3.05, 3.63) is 48.0 Å². The van der Waals surface area contributed by atoms with Crippen LogP contribution in [0.3, 0.4) is 0 Å². The summed E-state index contributed by atoms with van der Waals surface area (Å²) in [5, 5.41) is 2.85. The molecule has 168 valence electrons. The van der Waals surface area contributed by atoms with Crippen LogP contribution in [0.15, 0.2) is 42.5 Å². The summed E-state index contributed by atoms with van der Waals surface area (Å²) in [6.45, 7) is 6.28. The number of hydrogen-bond acceptors (Lipinski definition) is 6. The molecule has 2 aromatic rings. The summed E-state index contributed by atoms with van der Waals surface area (Å²) >= 11 is 0. The first-order valence-corrected chi connectivity index (χ1v) is 11.9. The number of benzene rings is 2. The maximum atomic E-state index is 12.7. The highest BCUT2D eigenvalue weighted by Crippen LogP contribution is 2.32. The molecule has 0 aromatic heterocycles. The van der Waals surface area contributed by atoms with E-state index < -0.39 is 15.9 Å². The SMILES string of the molecule is CC(C)Oc1ccc(N(CC(=O)N[C@H](C)c2ccc3c(c2)OCCO3)S(C)(=O)=O)cc1. The van der Waals surface area contributed by atoms with E-state index in [0.29, 0.717) is 36.1 Å². The summed E-state index contributed by atoms with van der Waals surface area (Å²) in [7, 11) is -3.67. The average Bonchev–Trinajstić information content (AvgIpc) is 2.71. The molecule has 0 radical (unpaired) electrons. The van der Waals surface area contributed by atoms with Gasteiger partial charge in [0.05, 0.1) is 24.1 Å². The largest absolute Gasteiger partial charge is 0.491 e. The lowest BCUT2D eigenvalue weighted by molar-refractivity contribution is -0.120. The predicted molar refractivity (Wildman–Crippen MR) is 118 cm³/mol. The summed E-state index contributed by atoms with van der Waals surface area (Å²) in [6, 6.07) is 11.7. The second-order valence-corrected chi connectivity index (χ2v) is 9.53. The van der Waals surface area contributed by atoms with Crippen LogP contribution in [-0.2, 0) is 14.8 Å². The minimum absolute atomic E-state index is 0.00434. The molecule has 0 spiro atoms. The van der Waals surface area contributed by atoms with Crippen LogP contribution in [0.2, 0.25) is 0 Å². The smallest absolute Gasteiger partial charge is 0.241 e. The highest BCUT2D eigenvalue weighted by atomic mass is 32.2. The van der Waals surface area contributed by atoms with Gasteiger partial charge in [0.2, 0.25) is 15.9 Å². The van der Waals surface area contributed by atoms with Crippen LogP contribution in [0.5, 0.6) is 17.2 Å². The van der Waals surface area contributed by atoms with Crippen molar-refractivity contribution in [1.29, 1.82) is 0 Å². The number of carbonyl (C=O) groups is 1. The third kappa shape index (κ3) is 6.04. The fraction of sp³-hybridized carbons (Fsp3) is 0.409. The van der Waals surface area contributed by atoms with Crippen molar-refractivity contribution in [3.63, 3.8) is 0 Å². The van der Waals surface area contributed by atoms with Gasteiger partial charge in [-0.05, 0) is 62.7 Å². The third-order valence-corrected chi connectivity index (χ3v) is 5.77. The first kappa shape index (κ1) is 22.7. The van der Waals surface area contributed by atoms with Gasteiger partial charge >= 0.3 is 0 Å². The summed E-state index contributed by atoms with van der Waals surface area (Å²) < 4.78 is 42.4. The highest BCUT2D eigenvalue weighted by molar-refractivity contribution is 7.92. The van der Waals surface area contributed by atoms with Crippen molar-refractivity contribution >= 4 is 21.6 Å². The Hall–Kier alpha value is -2.94. The molecular weight excluding hydrogens is 420 g/mol. The lowest BCUT2D eigenvalue weighted by Crippen LogP contribution is -2.41. The Balaban J connectivity index is 1.69. The van der Waals surface area contributed by atoms with Crippen molar-refractivity contribution in [2.75, 3.05) is 30.3 Å². The minimum Gasteiger partial charge on any atom is -0.491 e. The molecule has 0 saturated carbocycles. The molecule has 1 N–H and O–H groups in total. The molecular formula is C22H28N2O6S. The molecule has 0 saturated heterocycles. The number of sulfonamides is 1. The molecule has 31 heavy (non-hydrogen) atoms. The molecule has 8 nitrogen and oxygen atoms in total. The quantitative estimate of drug-likeness (QED) is 0.667. The standard InChI is InChI=1S/C22H28N2O6S/c1-15(2)30-19-8-6-18(7-9-19)24(31(4,26)27)14-22(25)23-16(3)17-5-10-20-21(13-17)29-12-11-28-20/h5-10,13,15-16H,11-12,14H2,1-4H3,(H,23,25)/t16-/m1/s1. The monoisotopic (exact) mass is 448 g/mol. The first-order valence-electron chi connectivity index (χ1n) is 10.1. The van der Waals surface area contributed by atoms with Gasteiger partial charge in [0, 0.05) is 0 Å². The lowest BCUT2D eigenvalue weighted by atomic mass is 10.1. The Morgan fingerprint density at radius 2 is 1.71 bits per heavy atom. The fourth-order valence-electron chi connectivity index (χ4n) is 3.19. The highest BCUT2D eigenvalue weighted by Gasteiger charge is 2.23. The van der Waals surface area contributed by atoms with Gasteiger partial charge in [0.15, 0.2) is 11.5 Å². The van der Waals surface area contributed by atoms with Crippen LogP contribution in [0.1, 0.15) is 32.4 Å². The molecule has 0 aliphatic carbocycles. The maximum Gasteiger partial charge on any atom is 0.241 e. The lowest BCUT2D eigenvalue weighted by Gasteiger charge is -2.24. The number of nitrogens with zero attached hydrogens (tertiary/aromatic N) is 1. The molecule has 1 aliphatic rings. The summed E-state index contributed by atoms with van der Waals surface area (Å²) in [5.74, 6) is 1.51. The number of fused-ring (bicyclic) bond motifs is 1. The normalized spacial score (nSPS) is 14.1. The van der Waals surface area contributed by atoms with E-state index in [-0.39, 0.29) is 18.7 Å². The molecule has 1 heterocycles. The van der Waals surface area contributed by atoms with Gasteiger partial charge in [0.1, 0.15) is 25.5 Å². The second-order valence-electron chi connectivity index (χ2n) is 7.62. The van der Waals surface area contributed by atoms with Gasteiger partial charge in [0.25, 0.3) is 0 Å². The number of ether oxygens (including phenoxy) is 3. The van der Waals surface area contributed by atoms with E-state index in [9.17, 15) is 13.2 Å². The minimum atomic E-state index is -3.67. The molecule has 3 rings (SSSR count). The zero-order chi connectivity index (χ0) is 22.6. The molecule has 1 aliphatic heterocycles. The number of amides is 1. The molecule has 2 aromatic carbocycles. The molecule has 0 unspecified atom stereocenters. The van der Waals surface area contributed by atoms with Gasteiger partial charge in [-0.1, -0.05) is 6.07 Å². The van der Waals surface area contributed by atoms with Crippen LogP contribution in [0.4, 0.5) is 5.69 Å². The van der Waals surface area contributed by atoms with Crippen LogP contribution < -0.4 is 23.8 Å². The molecule has 1 amide bonds. The Labute approximate surface area is 183 Å². The number of carbonyl (C=O) groups excluding carboxylic acids is 1. The zero-order valence-corrected chi connectivity index (χ0v) is 18.9. The first-order chi connectivity index (χ1) is 14.6.